The summed E-state index contributed by atoms with van der Waals surface area (Å²) in [6.45, 7) is 0.103. The molecule has 0 aliphatic rings. The molecule has 41 heavy (non-hydrogen) atoms. The molecule has 208 valence electrons. The standard InChI is InChI=1S/C33H33N5O3/c34-29(39)20-22-14-16-23(17-15-22)21-38(28(32(37)40)19-24-8-7-13-27(18-24)31(35)36)33(41)30(25-9-3-1-4-10-25)26-11-5-2-6-12-26/h1-18,28,30H,19-21H2,(H2,34,39)(H3,35,36)(H2,37,40)/t28-/m1/s1. The molecule has 4 aromatic carbocycles. The van der Waals surface area contributed by atoms with Crippen molar-refractivity contribution in [3.63, 3.8) is 0 Å². The fraction of sp³-hybridized carbons (Fsp3) is 0.152. The predicted octanol–water partition coefficient (Wildman–Crippen LogP) is 3.26. The lowest BCUT2D eigenvalue weighted by atomic mass is 9.88. The lowest BCUT2D eigenvalue weighted by Crippen LogP contribution is -2.50. The fourth-order valence-electron chi connectivity index (χ4n) is 4.89. The number of nitrogens with two attached hydrogens (primary N) is 3. The van der Waals surface area contributed by atoms with Crippen LogP contribution in [0.25, 0.3) is 0 Å². The summed E-state index contributed by atoms with van der Waals surface area (Å²) in [5, 5.41) is 7.80. The summed E-state index contributed by atoms with van der Waals surface area (Å²) in [5.41, 5.74) is 21.3. The van der Waals surface area contributed by atoms with Gasteiger partial charge in [0.05, 0.1) is 12.3 Å². The zero-order chi connectivity index (χ0) is 29.4. The van der Waals surface area contributed by atoms with E-state index in [4.69, 9.17) is 22.6 Å². The molecule has 0 bridgehead atoms. The highest BCUT2D eigenvalue weighted by Gasteiger charge is 2.34. The van der Waals surface area contributed by atoms with Crippen molar-refractivity contribution in [2.75, 3.05) is 0 Å². The van der Waals surface area contributed by atoms with Gasteiger partial charge >= 0.3 is 0 Å². The van der Waals surface area contributed by atoms with Crippen molar-refractivity contribution < 1.29 is 14.4 Å². The van der Waals surface area contributed by atoms with Gasteiger partial charge in [0, 0.05) is 18.5 Å². The van der Waals surface area contributed by atoms with Gasteiger partial charge in [0.25, 0.3) is 0 Å². The smallest absolute Gasteiger partial charge is 0.240 e. The Labute approximate surface area is 239 Å². The van der Waals surface area contributed by atoms with Crippen molar-refractivity contribution >= 4 is 23.6 Å². The molecule has 0 spiro atoms. The first-order valence-corrected chi connectivity index (χ1v) is 13.2. The third-order valence-corrected chi connectivity index (χ3v) is 6.92. The molecular formula is C33H33N5O3. The molecule has 0 aliphatic heterocycles. The van der Waals surface area contributed by atoms with Crippen LogP contribution in [0.2, 0.25) is 0 Å². The number of carbonyl (C=O) groups is 3. The number of hydrogen-bond donors (Lipinski definition) is 4. The van der Waals surface area contributed by atoms with Gasteiger partial charge in [0.1, 0.15) is 11.9 Å². The maximum Gasteiger partial charge on any atom is 0.240 e. The molecule has 0 unspecified atom stereocenters. The Morgan fingerprint density at radius 2 is 1.24 bits per heavy atom. The summed E-state index contributed by atoms with van der Waals surface area (Å²) < 4.78 is 0. The van der Waals surface area contributed by atoms with Gasteiger partial charge in [-0.1, -0.05) is 103 Å². The minimum Gasteiger partial charge on any atom is -0.384 e. The van der Waals surface area contributed by atoms with Crippen LogP contribution < -0.4 is 17.2 Å². The Hall–Kier alpha value is -5.24. The number of carbonyl (C=O) groups excluding carboxylic acids is 3. The van der Waals surface area contributed by atoms with Gasteiger partial charge < -0.3 is 22.1 Å². The summed E-state index contributed by atoms with van der Waals surface area (Å²) in [7, 11) is 0. The Morgan fingerprint density at radius 1 is 0.683 bits per heavy atom. The first kappa shape index (κ1) is 28.8. The van der Waals surface area contributed by atoms with Gasteiger partial charge in [0.2, 0.25) is 17.7 Å². The average molecular weight is 548 g/mol. The van der Waals surface area contributed by atoms with Crippen molar-refractivity contribution in [2.45, 2.75) is 31.3 Å². The summed E-state index contributed by atoms with van der Waals surface area (Å²) in [5.74, 6) is -2.16. The maximum atomic E-state index is 14.6. The SMILES string of the molecule is N=C(N)c1cccc(C[C@H](C(N)=O)N(Cc2ccc(CC(N)=O)cc2)C(=O)C(c2ccccc2)c2ccccc2)c1. The molecule has 0 heterocycles. The van der Waals surface area contributed by atoms with Gasteiger partial charge in [0.15, 0.2) is 0 Å². The summed E-state index contributed by atoms with van der Waals surface area (Å²) in [6.07, 6.45) is 0.238. The van der Waals surface area contributed by atoms with Crippen LogP contribution >= 0.6 is 0 Å². The van der Waals surface area contributed by atoms with E-state index in [9.17, 15) is 14.4 Å². The van der Waals surface area contributed by atoms with E-state index in [1.165, 1.54) is 4.90 Å². The van der Waals surface area contributed by atoms with Crippen molar-refractivity contribution in [3.8, 4) is 0 Å². The second-order valence-electron chi connectivity index (χ2n) is 9.92. The van der Waals surface area contributed by atoms with E-state index < -0.39 is 23.8 Å². The predicted molar refractivity (Wildman–Crippen MR) is 159 cm³/mol. The van der Waals surface area contributed by atoms with Gasteiger partial charge in [-0.2, -0.15) is 0 Å². The summed E-state index contributed by atoms with van der Waals surface area (Å²) >= 11 is 0. The van der Waals surface area contributed by atoms with Crippen molar-refractivity contribution in [1.82, 2.24) is 4.90 Å². The quantitative estimate of drug-likeness (QED) is 0.159. The third-order valence-electron chi connectivity index (χ3n) is 6.92. The second-order valence-corrected chi connectivity index (χ2v) is 9.92. The lowest BCUT2D eigenvalue weighted by Gasteiger charge is -2.33. The molecule has 8 heteroatoms. The molecular weight excluding hydrogens is 514 g/mol. The first-order valence-electron chi connectivity index (χ1n) is 13.2. The number of hydrogen-bond acceptors (Lipinski definition) is 4. The zero-order valence-electron chi connectivity index (χ0n) is 22.6. The van der Waals surface area contributed by atoms with Crippen molar-refractivity contribution in [3.05, 3.63) is 143 Å². The molecule has 8 nitrogen and oxygen atoms in total. The molecule has 3 amide bonds. The fourth-order valence-corrected chi connectivity index (χ4v) is 4.89. The van der Waals surface area contributed by atoms with Crippen molar-refractivity contribution in [2.24, 2.45) is 17.2 Å². The lowest BCUT2D eigenvalue weighted by molar-refractivity contribution is -0.140. The Kier molecular flexibility index (Phi) is 9.27. The molecule has 0 fully saturated rings. The third kappa shape index (κ3) is 7.45. The Balaban J connectivity index is 1.78. The van der Waals surface area contributed by atoms with Gasteiger partial charge in [-0.05, 0) is 33.9 Å². The van der Waals surface area contributed by atoms with E-state index in [2.05, 4.69) is 0 Å². The second kappa shape index (κ2) is 13.2. The molecule has 0 radical (unpaired) electrons. The number of primary amides is 2. The number of nitrogens with one attached hydrogen (secondary N) is 1. The van der Waals surface area contributed by atoms with E-state index in [-0.39, 0.29) is 31.1 Å². The number of nitrogen functional groups attached to an aromatic ring is 1. The highest BCUT2D eigenvalue weighted by Crippen LogP contribution is 2.29. The molecule has 4 aromatic rings. The van der Waals surface area contributed by atoms with Crippen LogP contribution in [0.5, 0.6) is 0 Å². The average Bonchev–Trinajstić information content (AvgIpc) is 2.96. The van der Waals surface area contributed by atoms with Crippen LogP contribution in [0.3, 0.4) is 0 Å². The molecule has 0 saturated heterocycles. The maximum absolute atomic E-state index is 14.6. The molecule has 4 rings (SSSR count). The minimum absolute atomic E-state index is 0.0975. The van der Waals surface area contributed by atoms with Crippen LogP contribution in [0.1, 0.15) is 39.3 Å². The van der Waals surface area contributed by atoms with Crippen LogP contribution in [-0.2, 0) is 33.8 Å². The Bertz CT molecular complexity index is 1480. The first-order chi connectivity index (χ1) is 19.7. The number of nitrogens with zero attached hydrogens (tertiary/aromatic N) is 1. The number of amides is 3. The summed E-state index contributed by atoms with van der Waals surface area (Å²) in [6, 6.07) is 32.0. The zero-order valence-corrected chi connectivity index (χ0v) is 22.6. The van der Waals surface area contributed by atoms with Crippen molar-refractivity contribution in [1.29, 1.82) is 5.41 Å². The normalized spacial score (nSPS) is 11.5. The molecule has 0 aliphatic carbocycles. The van der Waals surface area contributed by atoms with E-state index in [1.54, 1.807) is 30.3 Å². The van der Waals surface area contributed by atoms with Crippen LogP contribution in [0.15, 0.2) is 109 Å². The largest absolute Gasteiger partial charge is 0.384 e. The van der Waals surface area contributed by atoms with E-state index in [1.807, 2.05) is 78.9 Å². The van der Waals surface area contributed by atoms with Gasteiger partial charge in [-0.3, -0.25) is 19.8 Å². The van der Waals surface area contributed by atoms with Crippen LogP contribution in [-0.4, -0.2) is 34.5 Å². The monoisotopic (exact) mass is 547 g/mol. The van der Waals surface area contributed by atoms with Crippen LogP contribution in [0.4, 0.5) is 0 Å². The number of benzene rings is 4. The highest BCUT2D eigenvalue weighted by atomic mass is 16.2. The molecule has 0 saturated carbocycles. The number of rotatable bonds is 12. The van der Waals surface area contributed by atoms with E-state index >= 15 is 0 Å². The highest BCUT2D eigenvalue weighted by molar-refractivity contribution is 5.95. The summed E-state index contributed by atoms with van der Waals surface area (Å²) in [4.78, 5) is 40.5. The molecule has 1 atom stereocenters. The van der Waals surface area contributed by atoms with E-state index in [0.29, 0.717) is 11.1 Å². The van der Waals surface area contributed by atoms with E-state index in [0.717, 1.165) is 22.3 Å². The topological polar surface area (TPSA) is 156 Å². The van der Waals surface area contributed by atoms with Gasteiger partial charge in [-0.25, -0.2) is 0 Å². The Morgan fingerprint density at radius 3 is 1.76 bits per heavy atom. The number of amidine groups is 1. The molecule has 0 aromatic heterocycles. The van der Waals surface area contributed by atoms with Gasteiger partial charge in [-0.15, -0.1) is 0 Å². The minimum atomic E-state index is -0.995. The molecule has 7 N–H and O–H groups in total. The van der Waals surface area contributed by atoms with Crippen LogP contribution in [0, 0.1) is 5.41 Å².